The Morgan fingerprint density at radius 1 is 1.00 bits per heavy atom. The molecule has 2 aromatic carbocycles. The first-order valence-corrected chi connectivity index (χ1v) is 8.66. The molecule has 0 unspecified atom stereocenters. The van der Waals surface area contributed by atoms with E-state index in [9.17, 15) is 0 Å². The van der Waals surface area contributed by atoms with Crippen molar-refractivity contribution in [3.8, 4) is 23.0 Å². The summed E-state index contributed by atoms with van der Waals surface area (Å²) in [6.45, 7) is 5.48. The molecule has 6 heteroatoms. The standard InChI is InChI=1S/C21H23N3O3/c1-4-13-26-19-9-5-16(6-10-19)14-24(2)15-20-22-23-21(27-20)17-7-11-18(25-3)12-8-17/h4-12H,1,13-15H2,2-3H3. The van der Waals surface area contributed by atoms with Crippen LogP contribution < -0.4 is 9.47 Å². The van der Waals surface area contributed by atoms with Crippen molar-refractivity contribution in [3.63, 3.8) is 0 Å². The fourth-order valence-corrected chi connectivity index (χ4v) is 2.61. The number of hydrogen-bond donors (Lipinski definition) is 0. The van der Waals surface area contributed by atoms with Gasteiger partial charge >= 0.3 is 0 Å². The van der Waals surface area contributed by atoms with Crippen LogP contribution in [0.2, 0.25) is 0 Å². The largest absolute Gasteiger partial charge is 0.497 e. The summed E-state index contributed by atoms with van der Waals surface area (Å²) in [6, 6.07) is 15.5. The molecule has 0 saturated heterocycles. The fourth-order valence-electron chi connectivity index (χ4n) is 2.61. The number of nitrogens with zero attached hydrogens (tertiary/aromatic N) is 3. The maximum atomic E-state index is 5.78. The van der Waals surface area contributed by atoms with Crippen molar-refractivity contribution >= 4 is 0 Å². The summed E-state index contributed by atoms with van der Waals surface area (Å²) < 4.78 is 16.4. The molecule has 0 amide bonds. The predicted octanol–water partition coefficient (Wildman–Crippen LogP) is 3.94. The van der Waals surface area contributed by atoms with Crippen molar-refractivity contribution in [2.45, 2.75) is 13.1 Å². The molecule has 0 atom stereocenters. The lowest BCUT2D eigenvalue weighted by molar-refractivity contribution is 0.282. The molecule has 0 bridgehead atoms. The first-order valence-electron chi connectivity index (χ1n) is 8.66. The molecular weight excluding hydrogens is 342 g/mol. The molecule has 0 N–H and O–H groups in total. The van der Waals surface area contributed by atoms with Gasteiger partial charge in [0.25, 0.3) is 0 Å². The summed E-state index contributed by atoms with van der Waals surface area (Å²) in [7, 11) is 3.65. The van der Waals surface area contributed by atoms with Crippen molar-refractivity contribution in [1.82, 2.24) is 15.1 Å². The van der Waals surface area contributed by atoms with E-state index in [0.717, 1.165) is 23.6 Å². The molecule has 0 aliphatic heterocycles. The second kappa shape index (κ2) is 9.00. The van der Waals surface area contributed by atoms with Crippen LogP contribution in [0.1, 0.15) is 11.5 Å². The number of hydrogen-bond acceptors (Lipinski definition) is 6. The molecule has 6 nitrogen and oxygen atoms in total. The zero-order valence-corrected chi connectivity index (χ0v) is 15.6. The molecule has 27 heavy (non-hydrogen) atoms. The smallest absolute Gasteiger partial charge is 0.247 e. The Morgan fingerprint density at radius 3 is 2.37 bits per heavy atom. The Balaban J connectivity index is 1.57. The van der Waals surface area contributed by atoms with E-state index in [1.807, 2.05) is 55.6 Å². The average molecular weight is 365 g/mol. The Labute approximate surface area is 159 Å². The van der Waals surface area contributed by atoms with Gasteiger partial charge in [0.1, 0.15) is 18.1 Å². The van der Waals surface area contributed by atoms with Crippen LogP contribution in [-0.4, -0.2) is 35.9 Å². The maximum Gasteiger partial charge on any atom is 0.247 e. The van der Waals surface area contributed by atoms with E-state index < -0.39 is 0 Å². The van der Waals surface area contributed by atoms with Gasteiger partial charge in [-0.3, -0.25) is 4.90 Å². The van der Waals surface area contributed by atoms with Crippen LogP contribution >= 0.6 is 0 Å². The first kappa shape index (κ1) is 18.7. The van der Waals surface area contributed by atoms with Crippen LogP contribution in [0, 0.1) is 0 Å². The van der Waals surface area contributed by atoms with E-state index in [4.69, 9.17) is 13.9 Å². The highest BCUT2D eigenvalue weighted by atomic mass is 16.5. The number of rotatable bonds is 9. The molecule has 0 spiro atoms. The van der Waals surface area contributed by atoms with Gasteiger partial charge in [0.05, 0.1) is 13.7 Å². The lowest BCUT2D eigenvalue weighted by atomic mass is 10.2. The molecule has 1 heterocycles. The van der Waals surface area contributed by atoms with Crippen LogP contribution in [0.25, 0.3) is 11.5 Å². The summed E-state index contributed by atoms with van der Waals surface area (Å²) >= 11 is 0. The third kappa shape index (κ3) is 5.18. The van der Waals surface area contributed by atoms with E-state index in [2.05, 4.69) is 21.7 Å². The lowest BCUT2D eigenvalue weighted by Crippen LogP contribution is -2.17. The van der Waals surface area contributed by atoms with Crippen molar-refractivity contribution in [3.05, 3.63) is 72.6 Å². The van der Waals surface area contributed by atoms with Gasteiger partial charge in [0.15, 0.2) is 0 Å². The fraction of sp³-hybridized carbons (Fsp3) is 0.238. The molecule has 0 aliphatic rings. The van der Waals surface area contributed by atoms with Gasteiger partial charge in [-0.1, -0.05) is 24.8 Å². The van der Waals surface area contributed by atoms with Crippen LogP contribution in [0.15, 0.2) is 65.6 Å². The minimum atomic E-state index is 0.504. The van der Waals surface area contributed by atoms with Crippen LogP contribution in [-0.2, 0) is 13.1 Å². The number of aromatic nitrogens is 2. The monoisotopic (exact) mass is 365 g/mol. The van der Waals surface area contributed by atoms with Crippen molar-refractivity contribution < 1.29 is 13.9 Å². The summed E-state index contributed by atoms with van der Waals surface area (Å²) in [5.41, 5.74) is 2.05. The van der Waals surface area contributed by atoms with Gasteiger partial charge in [0.2, 0.25) is 11.8 Å². The topological polar surface area (TPSA) is 60.6 Å². The normalized spacial score (nSPS) is 10.8. The minimum absolute atomic E-state index is 0.504. The van der Waals surface area contributed by atoms with Gasteiger partial charge in [-0.05, 0) is 49.0 Å². The van der Waals surface area contributed by atoms with E-state index in [-0.39, 0.29) is 0 Å². The summed E-state index contributed by atoms with van der Waals surface area (Å²) in [5.74, 6) is 2.71. The molecule has 1 aromatic heterocycles. The van der Waals surface area contributed by atoms with E-state index >= 15 is 0 Å². The molecule has 0 saturated carbocycles. The van der Waals surface area contributed by atoms with Gasteiger partial charge < -0.3 is 13.9 Å². The minimum Gasteiger partial charge on any atom is -0.497 e. The van der Waals surface area contributed by atoms with Crippen molar-refractivity contribution in [1.29, 1.82) is 0 Å². The quantitative estimate of drug-likeness (QED) is 0.535. The van der Waals surface area contributed by atoms with Crippen molar-refractivity contribution in [2.75, 3.05) is 20.8 Å². The lowest BCUT2D eigenvalue weighted by Gasteiger charge is -2.14. The Hall–Kier alpha value is -3.12. The van der Waals surface area contributed by atoms with E-state index in [0.29, 0.717) is 24.9 Å². The number of methoxy groups -OCH3 is 1. The highest BCUT2D eigenvalue weighted by Gasteiger charge is 2.11. The zero-order chi connectivity index (χ0) is 19.1. The molecule has 3 aromatic rings. The molecule has 140 valence electrons. The Kier molecular flexibility index (Phi) is 6.22. The second-order valence-electron chi connectivity index (χ2n) is 6.15. The molecule has 0 fully saturated rings. The third-order valence-corrected chi connectivity index (χ3v) is 3.95. The predicted molar refractivity (Wildman–Crippen MR) is 104 cm³/mol. The van der Waals surface area contributed by atoms with Crippen LogP contribution in [0.3, 0.4) is 0 Å². The molecule has 0 radical (unpaired) electrons. The first-order chi connectivity index (χ1) is 13.2. The van der Waals surface area contributed by atoms with Gasteiger partial charge in [-0.25, -0.2) is 0 Å². The van der Waals surface area contributed by atoms with Crippen molar-refractivity contribution in [2.24, 2.45) is 0 Å². The van der Waals surface area contributed by atoms with Gasteiger partial charge in [-0.15, -0.1) is 10.2 Å². The summed E-state index contributed by atoms with van der Waals surface area (Å²) in [5, 5.41) is 8.28. The van der Waals surface area contributed by atoms with E-state index in [1.165, 1.54) is 5.56 Å². The number of benzene rings is 2. The maximum absolute atomic E-state index is 5.78. The third-order valence-electron chi connectivity index (χ3n) is 3.95. The highest BCUT2D eigenvalue weighted by Crippen LogP contribution is 2.21. The average Bonchev–Trinajstić information content (AvgIpc) is 3.16. The van der Waals surface area contributed by atoms with Gasteiger partial charge in [-0.2, -0.15) is 0 Å². The zero-order valence-electron chi connectivity index (χ0n) is 15.6. The second-order valence-corrected chi connectivity index (χ2v) is 6.15. The van der Waals surface area contributed by atoms with Crippen LogP contribution in [0.5, 0.6) is 11.5 Å². The SMILES string of the molecule is C=CCOc1ccc(CN(C)Cc2nnc(-c3ccc(OC)cc3)o2)cc1. The Bertz CT molecular complexity index is 857. The number of ether oxygens (including phenoxy) is 2. The summed E-state index contributed by atoms with van der Waals surface area (Å²) in [6.07, 6.45) is 1.73. The van der Waals surface area contributed by atoms with E-state index in [1.54, 1.807) is 13.2 Å². The van der Waals surface area contributed by atoms with Crippen LogP contribution in [0.4, 0.5) is 0 Å². The molecule has 0 aliphatic carbocycles. The summed E-state index contributed by atoms with van der Waals surface area (Å²) in [4.78, 5) is 2.12. The highest BCUT2D eigenvalue weighted by molar-refractivity contribution is 5.53. The van der Waals surface area contributed by atoms with Gasteiger partial charge in [0, 0.05) is 12.1 Å². The molecule has 3 rings (SSSR count). The molecular formula is C21H23N3O3. The Morgan fingerprint density at radius 2 is 1.70 bits per heavy atom.